The van der Waals surface area contributed by atoms with Crippen molar-refractivity contribution in [2.75, 3.05) is 13.2 Å². The summed E-state index contributed by atoms with van der Waals surface area (Å²) in [6.07, 6.45) is 0.869. The lowest BCUT2D eigenvalue weighted by Gasteiger charge is -2.17. The molecule has 3 N–H and O–H groups in total. The van der Waals surface area contributed by atoms with E-state index in [1.807, 2.05) is 48.5 Å². The number of carboxylic acids is 1. The molecular formula is C29H27N3O6S. The Kier molecular flexibility index (Phi) is 7.58. The molecule has 1 heterocycles. The molecule has 9 nitrogen and oxygen atoms in total. The zero-order valence-corrected chi connectivity index (χ0v) is 21.7. The van der Waals surface area contributed by atoms with Gasteiger partial charge in [-0.05, 0) is 47.2 Å². The Hall–Kier alpha value is -4.28. The Labute approximate surface area is 225 Å². The number of sulfonamides is 1. The molecule has 0 radical (unpaired) electrons. The third kappa shape index (κ3) is 5.62. The molecule has 5 rings (SSSR count). The average Bonchev–Trinajstić information content (AvgIpc) is 3.26. The van der Waals surface area contributed by atoms with Gasteiger partial charge in [0.05, 0.1) is 5.52 Å². The summed E-state index contributed by atoms with van der Waals surface area (Å²) in [6.45, 7) is 0.0484. The molecule has 39 heavy (non-hydrogen) atoms. The molecule has 10 heteroatoms. The highest BCUT2D eigenvalue weighted by Gasteiger charge is 2.29. The predicted molar refractivity (Wildman–Crippen MR) is 146 cm³/mol. The van der Waals surface area contributed by atoms with Gasteiger partial charge in [-0.25, -0.2) is 22.7 Å². The van der Waals surface area contributed by atoms with E-state index in [1.54, 1.807) is 24.3 Å². The van der Waals surface area contributed by atoms with E-state index in [0.29, 0.717) is 10.9 Å². The van der Waals surface area contributed by atoms with Crippen LogP contribution < -0.4 is 10.0 Å². The van der Waals surface area contributed by atoms with Gasteiger partial charge in [0.2, 0.25) is 10.0 Å². The molecule has 3 aromatic carbocycles. The van der Waals surface area contributed by atoms with Crippen molar-refractivity contribution in [3.63, 3.8) is 0 Å². The molecule has 0 aliphatic heterocycles. The van der Waals surface area contributed by atoms with Gasteiger partial charge in [-0.2, -0.15) is 0 Å². The minimum atomic E-state index is -3.87. The molecular weight excluding hydrogens is 518 g/mol. The van der Waals surface area contributed by atoms with Crippen molar-refractivity contribution >= 4 is 33.0 Å². The quantitative estimate of drug-likeness (QED) is 0.253. The number of carboxylic acid groups (broad SMARTS) is 1. The SMILES string of the molecule is O=C(N[C@H](CCCNS(=O)(=O)c1cccc2cccnc12)C(=O)O)OCC1c2ccccc2-c2ccccc21. The van der Waals surface area contributed by atoms with Gasteiger partial charge in [-0.3, -0.25) is 4.98 Å². The summed E-state index contributed by atoms with van der Waals surface area (Å²) in [5, 5.41) is 12.7. The molecule has 1 atom stereocenters. The summed E-state index contributed by atoms with van der Waals surface area (Å²) in [7, 11) is -3.87. The Morgan fingerprint density at radius 1 is 0.923 bits per heavy atom. The van der Waals surface area contributed by atoms with E-state index in [1.165, 1.54) is 12.3 Å². The minimum Gasteiger partial charge on any atom is -0.480 e. The number of amides is 1. The van der Waals surface area contributed by atoms with Crippen LogP contribution >= 0.6 is 0 Å². The number of nitrogens with zero attached hydrogens (tertiary/aromatic N) is 1. The van der Waals surface area contributed by atoms with E-state index in [4.69, 9.17) is 4.74 Å². The van der Waals surface area contributed by atoms with Gasteiger partial charge in [0, 0.05) is 24.0 Å². The zero-order valence-electron chi connectivity index (χ0n) is 20.9. The molecule has 4 aromatic rings. The molecule has 0 bridgehead atoms. The van der Waals surface area contributed by atoms with Crippen LogP contribution in [0.2, 0.25) is 0 Å². The van der Waals surface area contributed by atoms with E-state index < -0.39 is 28.1 Å². The normalized spacial score (nSPS) is 13.4. The number of hydrogen-bond donors (Lipinski definition) is 3. The van der Waals surface area contributed by atoms with Crippen LogP contribution in [0.4, 0.5) is 4.79 Å². The lowest BCUT2D eigenvalue weighted by atomic mass is 9.98. The van der Waals surface area contributed by atoms with E-state index in [9.17, 15) is 23.1 Å². The van der Waals surface area contributed by atoms with Gasteiger partial charge in [0.15, 0.2) is 0 Å². The summed E-state index contributed by atoms with van der Waals surface area (Å²) in [5.41, 5.74) is 4.64. The van der Waals surface area contributed by atoms with Crippen LogP contribution in [-0.4, -0.2) is 49.8 Å². The molecule has 1 amide bonds. The third-order valence-electron chi connectivity index (χ3n) is 6.78. The molecule has 1 aromatic heterocycles. The van der Waals surface area contributed by atoms with Gasteiger partial charge in [0.1, 0.15) is 17.5 Å². The first-order valence-electron chi connectivity index (χ1n) is 12.5. The minimum absolute atomic E-state index is 0.00976. The van der Waals surface area contributed by atoms with Crippen molar-refractivity contribution < 1.29 is 27.9 Å². The number of pyridine rings is 1. The lowest BCUT2D eigenvalue weighted by Crippen LogP contribution is -2.42. The third-order valence-corrected chi connectivity index (χ3v) is 8.27. The molecule has 0 saturated carbocycles. The van der Waals surface area contributed by atoms with Crippen molar-refractivity contribution in [2.45, 2.75) is 29.7 Å². The number of carbonyl (C=O) groups excluding carboxylic acids is 1. The molecule has 0 saturated heterocycles. The van der Waals surface area contributed by atoms with Crippen LogP contribution in [0.1, 0.15) is 29.9 Å². The first-order valence-corrected chi connectivity index (χ1v) is 14.0. The van der Waals surface area contributed by atoms with Crippen LogP contribution in [0.25, 0.3) is 22.0 Å². The van der Waals surface area contributed by atoms with Crippen LogP contribution in [0, 0.1) is 0 Å². The van der Waals surface area contributed by atoms with Crippen molar-refractivity contribution in [1.29, 1.82) is 0 Å². The van der Waals surface area contributed by atoms with Crippen LogP contribution in [-0.2, 0) is 19.6 Å². The summed E-state index contributed by atoms with van der Waals surface area (Å²) < 4.78 is 33.6. The van der Waals surface area contributed by atoms with Crippen molar-refractivity contribution in [3.05, 3.63) is 96.2 Å². The van der Waals surface area contributed by atoms with E-state index in [0.717, 1.165) is 22.3 Å². The molecule has 1 aliphatic rings. The number of carbonyl (C=O) groups is 2. The molecule has 1 aliphatic carbocycles. The predicted octanol–water partition coefficient (Wildman–Crippen LogP) is 4.29. The topological polar surface area (TPSA) is 135 Å². The summed E-state index contributed by atoms with van der Waals surface area (Å²) in [6, 6.07) is 23.0. The van der Waals surface area contributed by atoms with Crippen LogP contribution in [0.3, 0.4) is 0 Å². The van der Waals surface area contributed by atoms with Gasteiger partial charge in [-0.1, -0.05) is 66.7 Å². The number of benzene rings is 3. The highest BCUT2D eigenvalue weighted by molar-refractivity contribution is 7.89. The van der Waals surface area contributed by atoms with E-state index in [2.05, 4.69) is 15.0 Å². The Bertz CT molecular complexity index is 1590. The maximum Gasteiger partial charge on any atom is 0.407 e. The number of fused-ring (bicyclic) bond motifs is 4. The maximum atomic E-state index is 12.8. The van der Waals surface area contributed by atoms with Crippen LogP contribution in [0.15, 0.2) is 90.0 Å². The number of ether oxygens (including phenoxy) is 1. The number of aliphatic carboxylic acids is 1. The number of para-hydroxylation sites is 1. The van der Waals surface area contributed by atoms with Crippen molar-refractivity contribution in [2.24, 2.45) is 0 Å². The first-order chi connectivity index (χ1) is 18.8. The van der Waals surface area contributed by atoms with Gasteiger partial charge in [-0.15, -0.1) is 0 Å². The highest BCUT2D eigenvalue weighted by Crippen LogP contribution is 2.44. The smallest absolute Gasteiger partial charge is 0.407 e. The molecule has 0 fully saturated rings. The second kappa shape index (κ2) is 11.2. The standard InChI is InChI=1S/C29H27N3O6S/c33-28(34)25(14-7-17-31-39(36,37)26-15-5-8-19-9-6-16-30-27(19)26)32-29(35)38-18-24-22-12-3-1-10-20(22)21-11-2-4-13-23(21)24/h1-6,8-13,15-16,24-25,31H,7,14,17-18H2,(H,32,35)(H,33,34)/t25-/m1/s1. The number of rotatable bonds is 10. The second-order valence-electron chi connectivity index (χ2n) is 9.23. The monoisotopic (exact) mass is 545 g/mol. The van der Waals surface area contributed by atoms with Gasteiger partial charge < -0.3 is 15.2 Å². The second-order valence-corrected chi connectivity index (χ2v) is 11.0. The molecule has 0 unspecified atom stereocenters. The summed E-state index contributed by atoms with van der Waals surface area (Å²) >= 11 is 0. The number of alkyl carbamates (subject to hydrolysis) is 1. The zero-order chi connectivity index (χ0) is 27.4. The van der Waals surface area contributed by atoms with E-state index in [-0.39, 0.29) is 36.8 Å². The molecule has 0 spiro atoms. The fraction of sp³-hybridized carbons (Fsp3) is 0.207. The number of hydrogen-bond acceptors (Lipinski definition) is 6. The van der Waals surface area contributed by atoms with E-state index >= 15 is 0 Å². The maximum absolute atomic E-state index is 12.8. The van der Waals surface area contributed by atoms with Gasteiger partial charge >= 0.3 is 12.1 Å². The summed E-state index contributed by atoms with van der Waals surface area (Å²) in [4.78, 5) is 28.5. The fourth-order valence-electron chi connectivity index (χ4n) is 4.92. The fourth-order valence-corrected chi connectivity index (χ4v) is 6.17. The van der Waals surface area contributed by atoms with Crippen LogP contribution in [0.5, 0.6) is 0 Å². The van der Waals surface area contributed by atoms with Crippen molar-refractivity contribution in [1.82, 2.24) is 15.0 Å². The Morgan fingerprint density at radius 3 is 2.28 bits per heavy atom. The Morgan fingerprint density at radius 2 is 1.59 bits per heavy atom. The number of aromatic nitrogens is 1. The summed E-state index contributed by atoms with van der Waals surface area (Å²) in [5.74, 6) is -1.38. The average molecular weight is 546 g/mol. The largest absolute Gasteiger partial charge is 0.480 e. The molecule has 200 valence electrons. The van der Waals surface area contributed by atoms with Gasteiger partial charge in [0.25, 0.3) is 0 Å². The highest BCUT2D eigenvalue weighted by atomic mass is 32.2. The lowest BCUT2D eigenvalue weighted by molar-refractivity contribution is -0.139. The first kappa shape index (κ1) is 26.3. The Balaban J connectivity index is 1.15. The van der Waals surface area contributed by atoms with Crippen molar-refractivity contribution in [3.8, 4) is 11.1 Å². The number of nitrogens with one attached hydrogen (secondary N) is 2.